The number of hydrogen-bond acceptors (Lipinski definition) is 4. The van der Waals surface area contributed by atoms with Crippen molar-refractivity contribution in [2.24, 2.45) is 0 Å². The first-order valence-corrected chi connectivity index (χ1v) is 5.42. The number of aromatic nitrogens is 1. The molecule has 0 radical (unpaired) electrons. The lowest BCUT2D eigenvalue weighted by Crippen LogP contribution is -2.24. The number of aryl methyl sites for hydroxylation is 1. The topological polar surface area (TPSA) is 81.2 Å². The molecular weight excluding hydrogens is 256 g/mol. The van der Waals surface area contributed by atoms with Crippen molar-refractivity contribution in [3.05, 3.63) is 46.9 Å². The molecule has 19 heavy (non-hydrogen) atoms. The highest BCUT2D eigenvalue weighted by Gasteiger charge is 2.14. The Labute approximate surface area is 107 Å². The largest absolute Gasteiger partial charge is 0.398 e. The number of carbonyl (C=O) groups excluding carboxylic acids is 1. The number of rotatable bonds is 3. The van der Waals surface area contributed by atoms with E-state index in [1.807, 2.05) is 0 Å². The maximum atomic E-state index is 13.0. The Morgan fingerprint density at radius 1 is 1.37 bits per heavy atom. The summed E-state index contributed by atoms with van der Waals surface area (Å²) in [7, 11) is 0. The van der Waals surface area contributed by atoms with E-state index in [1.165, 1.54) is 0 Å². The summed E-state index contributed by atoms with van der Waals surface area (Å²) in [6, 6.07) is 3.17. The van der Waals surface area contributed by atoms with Gasteiger partial charge in [0.05, 0.1) is 17.8 Å². The van der Waals surface area contributed by atoms with Crippen molar-refractivity contribution in [3.63, 3.8) is 0 Å². The molecule has 0 unspecified atom stereocenters. The molecule has 0 atom stereocenters. The number of nitrogens with zero attached hydrogens (tertiary/aromatic N) is 1. The Balaban J connectivity index is 2.10. The van der Waals surface area contributed by atoms with E-state index in [0.717, 1.165) is 12.1 Å². The van der Waals surface area contributed by atoms with Crippen LogP contribution >= 0.6 is 0 Å². The van der Waals surface area contributed by atoms with E-state index in [2.05, 4.69) is 10.5 Å². The Morgan fingerprint density at radius 2 is 2.05 bits per heavy atom. The fraction of sp³-hybridized carbons (Fsp3) is 0.167. The minimum absolute atomic E-state index is 0.0815. The van der Waals surface area contributed by atoms with Crippen LogP contribution in [0.4, 0.5) is 14.5 Å². The van der Waals surface area contributed by atoms with E-state index < -0.39 is 17.5 Å². The van der Waals surface area contributed by atoms with E-state index in [1.54, 1.807) is 13.0 Å². The molecule has 0 aliphatic carbocycles. The van der Waals surface area contributed by atoms with Crippen LogP contribution in [0.1, 0.15) is 21.8 Å². The highest BCUT2D eigenvalue weighted by atomic mass is 19.2. The van der Waals surface area contributed by atoms with Crippen LogP contribution in [0.3, 0.4) is 0 Å². The summed E-state index contributed by atoms with van der Waals surface area (Å²) in [4.78, 5) is 11.8. The van der Waals surface area contributed by atoms with Crippen LogP contribution in [0.25, 0.3) is 0 Å². The minimum Gasteiger partial charge on any atom is -0.398 e. The standard InChI is InChI=1S/C12H11F2N3O2/c1-6-2-7(19-17-6)5-16-12(18)8-3-9(13)10(14)4-11(8)15/h2-4H,5,15H2,1H3,(H,16,18). The third-order valence-electron chi connectivity index (χ3n) is 2.44. The molecule has 0 aliphatic heterocycles. The monoisotopic (exact) mass is 267 g/mol. The summed E-state index contributed by atoms with van der Waals surface area (Å²) < 4.78 is 30.8. The first-order chi connectivity index (χ1) is 8.97. The SMILES string of the molecule is Cc1cc(CNC(=O)c2cc(F)c(F)cc2N)on1. The third-order valence-corrected chi connectivity index (χ3v) is 2.44. The first kappa shape index (κ1) is 13.0. The zero-order valence-corrected chi connectivity index (χ0v) is 10.0. The van der Waals surface area contributed by atoms with Crippen molar-refractivity contribution in [1.82, 2.24) is 10.5 Å². The minimum atomic E-state index is -1.13. The van der Waals surface area contributed by atoms with E-state index >= 15 is 0 Å². The molecule has 2 aromatic rings. The predicted molar refractivity (Wildman–Crippen MR) is 63.2 cm³/mol. The van der Waals surface area contributed by atoms with Crippen LogP contribution < -0.4 is 11.1 Å². The van der Waals surface area contributed by atoms with Gasteiger partial charge in [-0.2, -0.15) is 0 Å². The van der Waals surface area contributed by atoms with Gasteiger partial charge in [-0.15, -0.1) is 0 Å². The number of carbonyl (C=O) groups is 1. The molecule has 0 saturated carbocycles. The lowest BCUT2D eigenvalue weighted by Gasteiger charge is -2.06. The van der Waals surface area contributed by atoms with Crippen LogP contribution in [0.2, 0.25) is 0 Å². The molecule has 0 bridgehead atoms. The van der Waals surface area contributed by atoms with Crippen LogP contribution in [0, 0.1) is 18.6 Å². The van der Waals surface area contributed by atoms with Gasteiger partial charge in [-0.25, -0.2) is 8.78 Å². The molecular formula is C12H11F2N3O2. The van der Waals surface area contributed by atoms with E-state index in [-0.39, 0.29) is 17.8 Å². The van der Waals surface area contributed by atoms with Crippen molar-refractivity contribution in [1.29, 1.82) is 0 Å². The molecule has 1 amide bonds. The Kier molecular flexibility index (Phi) is 3.46. The number of nitrogens with two attached hydrogens (primary N) is 1. The van der Waals surface area contributed by atoms with Gasteiger partial charge in [0.15, 0.2) is 17.4 Å². The molecule has 5 nitrogen and oxygen atoms in total. The lowest BCUT2D eigenvalue weighted by atomic mass is 10.1. The molecule has 100 valence electrons. The summed E-state index contributed by atoms with van der Waals surface area (Å²) >= 11 is 0. The molecule has 0 fully saturated rings. The lowest BCUT2D eigenvalue weighted by molar-refractivity contribution is 0.0947. The Morgan fingerprint density at radius 3 is 2.68 bits per heavy atom. The number of hydrogen-bond donors (Lipinski definition) is 2. The number of halogens is 2. The normalized spacial score (nSPS) is 10.5. The summed E-state index contributed by atoms with van der Waals surface area (Å²) in [5.41, 5.74) is 5.87. The molecule has 0 spiro atoms. The molecule has 1 heterocycles. The second-order valence-electron chi connectivity index (χ2n) is 3.97. The van der Waals surface area contributed by atoms with Gasteiger partial charge in [0.2, 0.25) is 0 Å². The second-order valence-corrected chi connectivity index (χ2v) is 3.97. The molecule has 1 aromatic heterocycles. The van der Waals surface area contributed by atoms with Gasteiger partial charge in [0, 0.05) is 17.8 Å². The number of benzene rings is 1. The fourth-order valence-corrected chi connectivity index (χ4v) is 1.52. The smallest absolute Gasteiger partial charge is 0.253 e. The highest BCUT2D eigenvalue weighted by Crippen LogP contribution is 2.17. The zero-order chi connectivity index (χ0) is 14.0. The summed E-state index contributed by atoms with van der Waals surface area (Å²) in [6.45, 7) is 1.82. The molecule has 0 aliphatic rings. The summed E-state index contributed by atoms with van der Waals surface area (Å²) in [5.74, 6) is -2.40. The van der Waals surface area contributed by atoms with Crippen molar-refractivity contribution in [3.8, 4) is 0 Å². The average Bonchev–Trinajstić information content (AvgIpc) is 2.77. The summed E-state index contributed by atoms with van der Waals surface area (Å²) in [6.07, 6.45) is 0. The van der Waals surface area contributed by atoms with Crippen LogP contribution in [-0.2, 0) is 6.54 Å². The Bertz CT molecular complexity index is 625. The number of anilines is 1. The zero-order valence-electron chi connectivity index (χ0n) is 10.0. The van der Waals surface area contributed by atoms with Crippen LogP contribution in [0.15, 0.2) is 22.7 Å². The van der Waals surface area contributed by atoms with Gasteiger partial charge in [0.1, 0.15) is 0 Å². The summed E-state index contributed by atoms with van der Waals surface area (Å²) in [5, 5.41) is 6.12. The molecule has 1 aromatic carbocycles. The Hall–Kier alpha value is -2.44. The number of amides is 1. The van der Waals surface area contributed by atoms with Crippen molar-refractivity contribution in [2.45, 2.75) is 13.5 Å². The van der Waals surface area contributed by atoms with Crippen molar-refractivity contribution >= 4 is 11.6 Å². The van der Waals surface area contributed by atoms with Crippen LogP contribution in [-0.4, -0.2) is 11.1 Å². The van der Waals surface area contributed by atoms with Gasteiger partial charge in [-0.1, -0.05) is 5.16 Å². The van der Waals surface area contributed by atoms with Gasteiger partial charge in [-0.05, 0) is 13.0 Å². The number of nitrogens with one attached hydrogen (secondary N) is 1. The van der Waals surface area contributed by atoms with Gasteiger partial charge >= 0.3 is 0 Å². The average molecular weight is 267 g/mol. The van der Waals surface area contributed by atoms with Crippen molar-refractivity contribution < 1.29 is 18.1 Å². The van der Waals surface area contributed by atoms with E-state index in [9.17, 15) is 13.6 Å². The van der Waals surface area contributed by atoms with Gasteiger partial charge in [-0.3, -0.25) is 4.79 Å². The molecule has 3 N–H and O–H groups in total. The molecule has 7 heteroatoms. The van der Waals surface area contributed by atoms with E-state index in [4.69, 9.17) is 10.3 Å². The second kappa shape index (κ2) is 5.05. The van der Waals surface area contributed by atoms with Crippen molar-refractivity contribution in [2.75, 3.05) is 5.73 Å². The third kappa shape index (κ3) is 2.87. The quantitative estimate of drug-likeness (QED) is 0.830. The maximum Gasteiger partial charge on any atom is 0.253 e. The first-order valence-electron chi connectivity index (χ1n) is 5.42. The van der Waals surface area contributed by atoms with Gasteiger partial charge in [0.25, 0.3) is 5.91 Å². The fourth-order valence-electron chi connectivity index (χ4n) is 1.52. The number of nitrogen functional groups attached to an aromatic ring is 1. The molecule has 2 rings (SSSR count). The highest BCUT2D eigenvalue weighted by molar-refractivity contribution is 5.99. The molecule has 0 saturated heterocycles. The predicted octanol–water partition coefficient (Wildman–Crippen LogP) is 1.77. The maximum absolute atomic E-state index is 13.0. The van der Waals surface area contributed by atoms with Gasteiger partial charge < -0.3 is 15.6 Å². The van der Waals surface area contributed by atoms with E-state index in [0.29, 0.717) is 11.5 Å². The van der Waals surface area contributed by atoms with Crippen LogP contribution in [0.5, 0.6) is 0 Å².